The molecule has 0 bridgehead atoms. The Kier molecular flexibility index (Phi) is 4.90. The van der Waals surface area contributed by atoms with Crippen LogP contribution in [0.25, 0.3) is 0 Å². The van der Waals surface area contributed by atoms with E-state index in [1.54, 1.807) is 41.9 Å². The molecule has 0 aromatic heterocycles. The van der Waals surface area contributed by atoms with Crippen molar-refractivity contribution >= 4 is 23.6 Å². The lowest BCUT2D eigenvalue weighted by molar-refractivity contribution is -0.130. The first-order valence-corrected chi connectivity index (χ1v) is 8.94. The number of hydrogen-bond donors (Lipinski definition) is 1. The van der Waals surface area contributed by atoms with Crippen molar-refractivity contribution in [3.8, 4) is 0 Å². The van der Waals surface area contributed by atoms with Gasteiger partial charge in [-0.1, -0.05) is 36.4 Å². The summed E-state index contributed by atoms with van der Waals surface area (Å²) >= 11 is 1.70. The number of benzene rings is 2. The Hall–Kier alpha value is -2.27. The molecule has 1 heterocycles. The van der Waals surface area contributed by atoms with Crippen molar-refractivity contribution in [1.29, 1.82) is 0 Å². The van der Waals surface area contributed by atoms with E-state index in [-0.39, 0.29) is 11.2 Å². The molecule has 5 heteroatoms. The van der Waals surface area contributed by atoms with Crippen LogP contribution in [0.1, 0.15) is 32.3 Å². The molecule has 1 aliphatic heterocycles. The summed E-state index contributed by atoms with van der Waals surface area (Å²) in [6.45, 7) is 0.458. The van der Waals surface area contributed by atoms with E-state index in [1.165, 1.54) is 5.56 Å². The van der Waals surface area contributed by atoms with Crippen molar-refractivity contribution in [2.45, 2.75) is 18.2 Å². The van der Waals surface area contributed by atoms with Crippen LogP contribution in [0.4, 0.5) is 0 Å². The number of nitrogens with zero attached hydrogens (tertiary/aromatic N) is 1. The minimum atomic E-state index is -0.456. The largest absolute Gasteiger partial charge is 0.366 e. The minimum absolute atomic E-state index is 0.0941. The Labute approximate surface area is 146 Å². The van der Waals surface area contributed by atoms with Gasteiger partial charge < -0.3 is 10.6 Å². The highest BCUT2D eigenvalue weighted by Crippen LogP contribution is 2.37. The second kappa shape index (κ2) is 7.09. The molecule has 1 aliphatic rings. The third-order valence-corrected chi connectivity index (χ3v) is 5.45. The monoisotopic (exact) mass is 340 g/mol. The summed E-state index contributed by atoms with van der Waals surface area (Å²) in [7, 11) is 1.80. The number of aryl methyl sites for hydroxylation is 1. The molecular formula is C19H20N2O2S. The van der Waals surface area contributed by atoms with Crippen molar-refractivity contribution in [2.24, 2.45) is 5.73 Å². The Morgan fingerprint density at radius 2 is 2.00 bits per heavy atom. The van der Waals surface area contributed by atoms with Crippen LogP contribution < -0.4 is 5.73 Å². The van der Waals surface area contributed by atoms with Gasteiger partial charge in [-0.25, -0.2) is 0 Å². The topological polar surface area (TPSA) is 63.4 Å². The van der Waals surface area contributed by atoms with E-state index in [4.69, 9.17) is 5.73 Å². The van der Waals surface area contributed by atoms with Gasteiger partial charge in [-0.3, -0.25) is 9.59 Å². The van der Waals surface area contributed by atoms with Gasteiger partial charge in [-0.2, -0.15) is 0 Å². The molecule has 0 saturated carbocycles. The van der Waals surface area contributed by atoms with Gasteiger partial charge in [0.05, 0.1) is 0 Å². The van der Waals surface area contributed by atoms with Crippen LogP contribution in [0.3, 0.4) is 0 Å². The number of thioether (sulfide) groups is 1. The van der Waals surface area contributed by atoms with E-state index in [0.29, 0.717) is 12.1 Å². The molecule has 0 unspecified atom stereocenters. The fourth-order valence-electron chi connectivity index (χ4n) is 2.97. The third kappa shape index (κ3) is 3.46. The second-order valence-electron chi connectivity index (χ2n) is 5.96. The van der Waals surface area contributed by atoms with Crippen LogP contribution in [0, 0.1) is 0 Å². The summed E-state index contributed by atoms with van der Waals surface area (Å²) in [5, 5.41) is -0.153. The van der Waals surface area contributed by atoms with Crippen molar-refractivity contribution < 1.29 is 9.59 Å². The van der Waals surface area contributed by atoms with E-state index in [0.717, 1.165) is 23.3 Å². The molecule has 1 atom stereocenters. The van der Waals surface area contributed by atoms with Gasteiger partial charge in [0.2, 0.25) is 11.8 Å². The first-order valence-electron chi connectivity index (χ1n) is 7.89. The van der Waals surface area contributed by atoms with E-state index < -0.39 is 5.91 Å². The highest BCUT2D eigenvalue weighted by molar-refractivity contribution is 8.00. The average Bonchev–Trinajstić information content (AvgIpc) is 2.60. The molecule has 0 saturated heterocycles. The quantitative estimate of drug-likeness (QED) is 0.931. The average molecular weight is 340 g/mol. The Bertz CT molecular complexity index is 775. The van der Waals surface area contributed by atoms with Crippen LogP contribution >= 0.6 is 11.8 Å². The van der Waals surface area contributed by atoms with Crippen molar-refractivity contribution in [3.05, 3.63) is 70.8 Å². The van der Waals surface area contributed by atoms with Gasteiger partial charge in [0.15, 0.2) is 0 Å². The number of rotatable bonds is 4. The van der Waals surface area contributed by atoms with E-state index in [1.807, 2.05) is 24.3 Å². The fraction of sp³-hybridized carbons (Fsp3) is 0.263. The van der Waals surface area contributed by atoms with Gasteiger partial charge in [0, 0.05) is 19.2 Å². The lowest BCUT2D eigenvalue weighted by Crippen LogP contribution is -2.32. The van der Waals surface area contributed by atoms with Crippen molar-refractivity contribution in [3.63, 3.8) is 0 Å². The highest BCUT2D eigenvalue weighted by Gasteiger charge is 2.29. The second-order valence-corrected chi connectivity index (χ2v) is 7.17. The molecule has 124 valence electrons. The number of fused-ring (bicyclic) bond motifs is 1. The maximum Gasteiger partial charge on any atom is 0.248 e. The lowest BCUT2D eigenvalue weighted by Gasteiger charge is -2.28. The van der Waals surface area contributed by atoms with Gasteiger partial charge in [0.1, 0.15) is 5.25 Å². The Morgan fingerprint density at radius 3 is 2.79 bits per heavy atom. The van der Waals surface area contributed by atoms with Crippen LogP contribution in [0.15, 0.2) is 48.5 Å². The zero-order valence-corrected chi connectivity index (χ0v) is 14.4. The summed E-state index contributed by atoms with van der Waals surface area (Å²) in [6, 6.07) is 15.3. The van der Waals surface area contributed by atoms with Crippen molar-refractivity contribution in [2.75, 3.05) is 12.8 Å². The molecule has 0 radical (unpaired) electrons. The summed E-state index contributed by atoms with van der Waals surface area (Å²) in [5.41, 5.74) is 9.07. The fourth-order valence-corrected chi connectivity index (χ4v) is 4.28. The maximum absolute atomic E-state index is 12.9. The molecule has 2 N–H and O–H groups in total. The van der Waals surface area contributed by atoms with E-state index in [9.17, 15) is 9.59 Å². The number of carbonyl (C=O) groups is 2. The molecule has 0 fully saturated rings. The predicted molar refractivity (Wildman–Crippen MR) is 96.8 cm³/mol. The number of likely N-dealkylation sites (N-methyl/N-ethyl adjacent to an activating group) is 1. The number of amides is 2. The van der Waals surface area contributed by atoms with E-state index >= 15 is 0 Å². The molecule has 0 spiro atoms. The molecular weight excluding hydrogens is 320 g/mol. The van der Waals surface area contributed by atoms with Gasteiger partial charge in [-0.15, -0.1) is 11.8 Å². The van der Waals surface area contributed by atoms with Crippen LogP contribution in [0.2, 0.25) is 0 Å². The van der Waals surface area contributed by atoms with Crippen LogP contribution in [-0.2, 0) is 17.8 Å². The standard InChI is InChI=1S/C19H20N2O2S/c1-21(12-13-5-4-7-15(11-13)18(20)22)19(23)17-16-8-3-2-6-14(16)9-10-24-17/h2-8,11,17H,9-10,12H2,1H3,(H2,20,22)/t17-/m0/s1. The zero-order valence-electron chi connectivity index (χ0n) is 13.6. The summed E-state index contributed by atoms with van der Waals surface area (Å²) < 4.78 is 0. The zero-order chi connectivity index (χ0) is 17.1. The Balaban J connectivity index is 1.76. The number of carbonyl (C=O) groups excluding carboxylic acids is 2. The summed E-state index contributed by atoms with van der Waals surface area (Å²) in [4.78, 5) is 25.9. The summed E-state index contributed by atoms with van der Waals surface area (Å²) in [5.74, 6) is 0.595. The molecule has 4 nitrogen and oxygen atoms in total. The van der Waals surface area contributed by atoms with Gasteiger partial charge in [-0.05, 0) is 41.0 Å². The molecule has 2 amide bonds. The third-order valence-electron chi connectivity index (χ3n) is 4.23. The van der Waals surface area contributed by atoms with E-state index in [2.05, 4.69) is 6.07 Å². The molecule has 0 aliphatic carbocycles. The molecule has 2 aromatic carbocycles. The number of nitrogens with two attached hydrogens (primary N) is 1. The maximum atomic E-state index is 12.9. The number of primary amides is 1. The highest BCUT2D eigenvalue weighted by atomic mass is 32.2. The first kappa shape index (κ1) is 16.6. The normalized spacial score (nSPS) is 16.3. The van der Waals surface area contributed by atoms with Crippen molar-refractivity contribution in [1.82, 2.24) is 4.90 Å². The summed E-state index contributed by atoms with van der Waals surface area (Å²) in [6.07, 6.45) is 1.01. The smallest absolute Gasteiger partial charge is 0.248 e. The van der Waals surface area contributed by atoms with Crippen LogP contribution in [0.5, 0.6) is 0 Å². The minimum Gasteiger partial charge on any atom is -0.366 e. The predicted octanol–water partition coefficient (Wildman–Crippen LogP) is 2.77. The SMILES string of the molecule is CN(Cc1cccc(C(N)=O)c1)C(=O)[C@H]1SCCc2ccccc21. The Morgan fingerprint density at radius 1 is 1.21 bits per heavy atom. The molecule has 24 heavy (non-hydrogen) atoms. The van der Waals surface area contributed by atoms with Gasteiger partial charge in [0.25, 0.3) is 0 Å². The van der Waals surface area contributed by atoms with Gasteiger partial charge >= 0.3 is 0 Å². The van der Waals surface area contributed by atoms with Crippen LogP contribution in [-0.4, -0.2) is 29.5 Å². The molecule has 3 rings (SSSR count). The number of hydrogen-bond acceptors (Lipinski definition) is 3. The lowest BCUT2D eigenvalue weighted by atomic mass is 10.0. The first-order chi connectivity index (χ1) is 11.6. The molecule has 2 aromatic rings.